The summed E-state index contributed by atoms with van der Waals surface area (Å²) in [7, 11) is 1.64. The van der Waals surface area contributed by atoms with Crippen LogP contribution < -0.4 is 14.4 Å². The average Bonchev–Trinajstić information content (AvgIpc) is 3.08. The maximum atomic E-state index is 13.7. The van der Waals surface area contributed by atoms with Crippen molar-refractivity contribution in [2.24, 2.45) is 0 Å². The first-order valence-electron chi connectivity index (χ1n) is 12.7. The quantitative estimate of drug-likeness (QED) is 0.394. The van der Waals surface area contributed by atoms with Crippen LogP contribution in [0.15, 0.2) is 36.4 Å². The Bertz CT molecular complexity index is 983. The Hall–Kier alpha value is -2.57. The average molecular weight is 468 g/mol. The number of benzene rings is 2. The molecule has 1 spiro atoms. The second kappa shape index (κ2) is 11.2. The fraction of sp³-hybridized carbons (Fsp3) is 0.536. The van der Waals surface area contributed by atoms with Gasteiger partial charge in [-0.1, -0.05) is 45.2 Å². The highest BCUT2D eigenvalue weighted by Gasteiger charge is 2.54. The van der Waals surface area contributed by atoms with Gasteiger partial charge in [-0.25, -0.2) is 0 Å². The van der Waals surface area contributed by atoms with E-state index in [0.717, 1.165) is 67.5 Å². The van der Waals surface area contributed by atoms with Gasteiger partial charge >= 0.3 is 0 Å². The van der Waals surface area contributed by atoms with E-state index >= 15 is 0 Å². The minimum absolute atomic E-state index is 0.159. The second-order valence-corrected chi connectivity index (χ2v) is 9.05. The van der Waals surface area contributed by atoms with E-state index in [1.807, 2.05) is 24.3 Å². The molecule has 6 heteroatoms. The number of amides is 1. The maximum Gasteiger partial charge on any atom is 0.292 e. The molecule has 184 valence electrons. The van der Waals surface area contributed by atoms with Gasteiger partial charge in [-0.2, -0.15) is 0 Å². The molecule has 4 rings (SSSR count). The summed E-state index contributed by atoms with van der Waals surface area (Å²) in [5, 5.41) is 0. The van der Waals surface area contributed by atoms with Gasteiger partial charge in [-0.3, -0.25) is 4.79 Å². The van der Waals surface area contributed by atoms with Crippen LogP contribution in [0.2, 0.25) is 0 Å². The molecule has 0 saturated carbocycles. The number of carbonyl (C=O) groups is 1. The summed E-state index contributed by atoms with van der Waals surface area (Å²) in [5.41, 5.74) is 3.85. The topological polar surface area (TPSA) is 57.2 Å². The van der Waals surface area contributed by atoms with Crippen molar-refractivity contribution < 1.29 is 23.7 Å². The van der Waals surface area contributed by atoms with E-state index in [4.69, 9.17) is 18.9 Å². The summed E-state index contributed by atoms with van der Waals surface area (Å²) < 4.78 is 23.6. The smallest absolute Gasteiger partial charge is 0.292 e. The van der Waals surface area contributed by atoms with Crippen LogP contribution in [0.5, 0.6) is 11.5 Å². The van der Waals surface area contributed by atoms with Gasteiger partial charge in [-0.15, -0.1) is 0 Å². The van der Waals surface area contributed by atoms with Crippen molar-refractivity contribution in [1.82, 2.24) is 0 Å². The van der Waals surface area contributed by atoms with Crippen LogP contribution in [-0.4, -0.2) is 32.8 Å². The Labute approximate surface area is 203 Å². The van der Waals surface area contributed by atoms with Crippen LogP contribution in [0.4, 0.5) is 5.69 Å². The van der Waals surface area contributed by atoms with Crippen molar-refractivity contribution in [3.05, 3.63) is 53.1 Å². The monoisotopic (exact) mass is 467 g/mol. The molecule has 0 radical (unpaired) electrons. The molecule has 6 nitrogen and oxygen atoms in total. The number of hydrogen-bond acceptors (Lipinski definition) is 5. The molecule has 1 fully saturated rings. The van der Waals surface area contributed by atoms with E-state index in [2.05, 4.69) is 26.0 Å². The number of nitrogens with zero attached hydrogens (tertiary/aromatic N) is 1. The summed E-state index contributed by atoms with van der Waals surface area (Å²) in [6.07, 6.45) is 7.31. The minimum atomic E-state index is -1.33. The number of rotatable bonds is 11. The molecule has 1 saturated heterocycles. The van der Waals surface area contributed by atoms with Crippen LogP contribution in [0, 0.1) is 0 Å². The van der Waals surface area contributed by atoms with E-state index in [1.165, 1.54) is 5.56 Å². The number of fused-ring (bicyclic) bond motifs is 2. The molecular formula is C28H37NO5. The van der Waals surface area contributed by atoms with Crippen molar-refractivity contribution in [3.63, 3.8) is 0 Å². The zero-order chi connectivity index (χ0) is 24.0. The SMILES string of the molecule is CCCCCOc1ccc(CN2C(=O)C3(OCCCO3)c3cc(CCCC)ccc32)cc1OC. The summed E-state index contributed by atoms with van der Waals surface area (Å²) >= 11 is 0. The van der Waals surface area contributed by atoms with E-state index < -0.39 is 5.79 Å². The highest BCUT2D eigenvalue weighted by molar-refractivity contribution is 6.06. The predicted octanol–water partition coefficient (Wildman–Crippen LogP) is 5.74. The fourth-order valence-corrected chi connectivity index (χ4v) is 4.64. The highest BCUT2D eigenvalue weighted by Crippen LogP contribution is 2.46. The second-order valence-electron chi connectivity index (χ2n) is 9.05. The number of ether oxygens (including phenoxy) is 4. The molecule has 0 aromatic heterocycles. The van der Waals surface area contributed by atoms with E-state index in [1.54, 1.807) is 12.0 Å². The number of unbranched alkanes of at least 4 members (excludes halogenated alkanes) is 3. The van der Waals surface area contributed by atoms with Crippen molar-refractivity contribution in [1.29, 1.82) is 0 Å². The fourth-order valence-electron chi connectivity index (χ4n) is 4.64. The largest absolute Gasteiger partial charge is 0.493 e. The molecule has 0 N–H and O–H groups in total. The van der Waals surface area contributed by atoms with Crippen LogP contribution in [0.1, 0.15) is 69.1 Å². The van der Waals surface area contributed by atoms with E-state index in [-0.39, 0.29) is 5.91 Å². The summed E-state index contributed by atoms with van der Waals surface area (Å²) in [5.74, 6) is -0.0850. The maximum absolute atomic E-state index is 13.7. The third-order valence-electron chi connectivity index (χ3n) is 6.53. The van der Waals surface area contributed by atoms with Gasteiger partial charge in [0.25, 0.3) is 11.7 Å². The lowest BCUT2D eigenvalue weighted by Gasteiger charge is -2.32. The molecule has 2 aromatic carbocycles. The van der Waals surface area contributed by atoms with Gasteiger partial charge in [0.15, 0.2) is 11.5 Å². The van der Waals surface area contributed by atoms with Crippen molar-refractivity contribution in [2.45, 2.75) is 71.1 Å². The number of carbonyl (C=O) groups excluding carboxylic acids is 1. The van der Waals surface area contributed by atoms with Gasteiger partial charge in [-0.05, 0) is 61.1 Å². The Kier molecular flexibility index (Phi) is 8.11. The molecule has 1 amide bonds. The van der Waals surface area contributed by atoms with Gasteiger partial charge in [0.05, 0.1) is 39.2 Å². The first kappa shape index (κ1) is 24.6. The molecule has 2 aromatic rings. The first-order chi connectivity index (χ1) is 16.6. The summed E-state index contributed by atoms with van der Waals surface area (Å²) in [4.78, 5) is 15.5. The molecule has 2 aliphatic rings. The molecule has 0 unspecified atom stereocenters. The summed E-state index contributed by atoms with van der Waals surface area (Å²) in [6, 6.07) is 12.1. The Balaban J connectivity index is 1.59. The Morgan fingerprint density at radius 2 is 1.71 bits per heavy atom. The third-order valence-corrected chi connectivity index (χ3v) is 6.53. The molecule has 2 heterocycles. The van der Waals surface area contributed by atoms with Crippen LogP contribution >= 0.6 is 0 Å². The zero-order valence-corrected chi connectivity index (χ0v) is 20.7. The first-order valence-corrected chi connectivity index (χ1v) is 12.7. The van der Waals surface area contributed by atoms with Crippen molar-refractivity contribution in [3.8, 4) is 11.5 Å². The van der Waals surface area contributed by atoms with Gasteiger partial charge in [0.2, 0.25) is 0 Å². The normalized spacial score (nSPS) is 16.7. The molecule has 0 aliphatic carbocycles. The molecular weight excluding hydrogens is 430 g/mol. The van der Waals surface area contributed by atoms with Crippen molar-refractivity contribution in [2.75, 3.05) is 31.8 Å². The lowest BCUT2D eigenvalue weighted by molar-refractivity contribution is -0.256. The molecule has 0 atom stereocenters. The summed E-state index contributed by atoms with van der Waals surface area (Å²) in [6.45, 7) is 6.45. The zero-order valence-electron chi connectivity index (χ0n) is 20.7. The Morgan fingerprint density at radius 1 is 0.941 bits per heavy atom. The third kappa shape index (κ3) is 4.93. The minimum Gasteiger partial charge on any atom is -0.493 e. The number of anilines is 1. The van der Waals surface area contributed by atoms with Gasteiger partial charge < -0.3 is 23.8 Å². The molecule has 2 aliphatic heterocycles. The lowest BCUT2D eigenvalue weighted by atomic mass is 10.00. The number of methoxy groups -OCH3 is 1. The van der Waals surface area contributed by atoms with Gasteiger partial charge in [0, 0.05) is 5.56 Å². The van der Waals surface area contributed by atoms with E-state index in [0.29, 0.717) is 32.1 Å². The lowest BCUT2D eigenvalue weighted by Crippen LogP contribution is -2.47. The van der Waals surface area contributed by atoms with E-state index in [9.17, 15) is 4.79 Å². The van der Waals surface area contributed by atoms with Crippen LogP contribution in [0.25, 0.3) is 0 Å². The predicted molar refractivity (Wildman–Crippen MR) is 132 cm³/mol. The number of hydrogen-bond donors (Lipinski definition) is 0. The standard InChI is InChI=1S/C28H37NO5/c1-4-6-8-15-32-25-14-12-22(19-26(25)31-3)20-29-24-13-11-21(10-7-5-2)18-23(24)28(27(29)30)33-16-9-17-34-28/h11-14,18-19H,4-10,15-17,20H2,1-3H3. The molecule has 34 heavy (non-hydrogen) atoms. The van der Waals surface area contributed by atoms with Crippen molar-refractivity contribution >= 4 is 11.6 Å². The molecule has 0 bridgehead atoms. The van der Waals surface area contributed by atoms with Gasteiger partial charge in [0.1, 0.15) is 0 Å². The van der Waals surface area contributed by atoms with Crippen LogP contribution in [-0.2, 0) is 33.0 Å². The number of aryl methyl sites for hydroxylation is 1. The highest BCUT2D eigenvalue weighted by atomic mass is 16.7. The Morgan fingerprint density at radius 3 is 2.44 bits per heavy atom. The van der Waals surface area contributed by atoms with Crippen LogP contribution in [0.3, 0.4) is 0 Å².